The standard InChI is InChI=1S/C18H21FNO4P/c1-4-23-25(21,24-5-2)18(14-6-8-15(19)9-7-14)20-16-10-12-17(22-3)13-11-16/h6-13H,4-5H2,1-3H3. The van der Waals surface area contributed by atoms with Crippen molar-refractivity contribution >= 4 is 18.7 Å². The average molecular weight is 365 g/mol. The van der Waals surface area contributed by atoms with E-state index in [1.54, 1.807) is 45.2 Å². The molecule has 0 aliphatic carbocycles. The van der Waals surface area contributed by atoms with Crippen molar-refractivity contribution in [2.24, 2.45) is 4.99 Å². The molecule has 0 aliphatic heterocycles. The maximum absolute atomic E-state index is 13.3. The van der Waals surface area contributed by atoms with Gasteiger partial charge in [0.2, 0.25) is 0 Å². The van der Waals surface area contributed by atoms with Crippen LogP contribution >= 0.6 is 7.60 Å². The Balaban J connectivity index is 2.55. The minimum atomic E-state index is -3.65. The van der Waals surface area contributed by atoms with E-state index in [0.717, 1.165) is 0 Å². The molecule has 0 bridgehead atoms. The van der Waals surface area contributed by atoms with E-state index in [-0.39, 0.29) is 18.7 Å². The van der Waals surface area contributed by atoms with E-state index in [0.29, 0.717) is 17.0 Å². The Bertz CT molecular complexity index is 750. The smallest absolute Gasteiger partial charge is 0.380 e. The van der Waals surface area contributed by atoms with E-state index in [1.165, 1.54) is 24.3 Å². The van der Waals surface area contributed by atoms with E-state index < -0.39 is 13.4 Å². The molecule has 0 fully saturated rings. The Morgan fingerprint density at radius 3 is 2.04 bits per heavy atom. The molecular formula is C18H21FNO4P. The van der Waals surface area contributed by atoms with E-state index in [9.17, 15) is 8.96 Å². The predicted molar refractivity (Wildman–Crippen MR) is 96.4 cm³/mol. The Kier molecular flexibility index (Phi) is 6.88. The van der Waals surface area contributed by atoms with Gasteiger partial charge < -0.3 is 13.8 Å². The fraction of sp³-hybridized carbons (Fsp3) is 0.278. The fourth-order valence-corrected chi connectivity index (χ4v) is 3.86. The zero-order valence-electron chi connectivity index (χ0n) is 14.4. The van der Waals surface area contributed by atoms with Gasteiger partial charge in [-0.2, -0.15) is 0 Å². The van der Waals surface area contributed by atoms with Gasteiger partial charge in [-0.05, 0) is 62.4 Å². The molecule has 0 unspecified atom stereocenters. The van der Waals surface area contributed by atoms with E-state index in [4.69, 9.17) is 13.8 Å². The minimum absolute atomic E-state index is 0.140. The van der Waals surface area contributed by atoms with E-state index in [1.807, 2.05) is 0 Å². The first-order chi connectivity index (χ1) is 12.0. The number of hydrogen-bond acceptors (Lipinski definition) is 5. The van der Waals surface area contributed by atoms with Gasteiger partial charge in [-0.3, -0.25) is 4.57 Å². The van der Waals surface area contributed by atoms with Crippen LogP contribution in [0.15, 0.2) is 53.5 Å². The molecule has 2 aromatic rings. The molecule has 0 heterocycles. The van der Waals surface area contributed by atoms with Crippen molar-refractivity contribution in [3.8, 4) is 5.75 Å². The van der Waals surface area contributed by atoms with Crippen molar-refractivity contribution in [3.63, 3.8) is 0 Å². The summed E-state index contributed by atoms with van der Waals surface area (Å²) in [7, 11) is -2.08. The monoisotopic (exact) mass is 365 g/mol. The number of benzene rings is 2. The Hall–Kier alpha value is -2.01. The van der Waals surface area contributed by atoms with Crippen molar-refractivity contribution in [2.45, 2.75) is 13.8 Å². The molecule has 0 amide bonds. The van der Waals surface area contributed by atoms with Gasteiger partial charge in [-0.1, -0.05) is 0 Å². The lowest BCUT2D eigenvalue weighted by Crippen LogP contribution is -2.09. The van der Waals surface area contributed by atoms with Crippen LogP contribution < -0.4 is 4.74 Å². The summed E-state index contributed by atoms with van der Waals surface area (Å²) in [5.41, 5.74) is 1.17. The molecule has 0 saturated heterocycles. The molecule has 0 spiro atoms. The van der Waals surface area contributed by atoms with Gasteiger partial charge in [-0.15, -0.1) is 0 Å². The molecule has 0 radical (unpaired) electrons. The summed E-state index contributed by atoms with van der Waals surface area (Å²) in [6, 6.07) is 12.5. The summed E-state index contributed by atoms with van der Waals surface area (Å²) in [6.45, 7) is 3.84. The van der Waals surface area contributed by atoms with Crippen LogP contribution in [-0.2, 0) is 13.6 Å². The lowest BCUT2D eigenvalue weighted by Gasteiger charge is -2.19. The van der Waals surface area contributed by atoms with Gasteiger partial charge in [0, 0.05) is 5.56 Å². The van der Waals surface area contributed by atoms with Crippen molar-refractivity contribution in [1.82, 2.24) is 0 Å². The molecule has 5 nitrogen and oxygen atoms in total. The summed E-state index contributed by atoms with van der Waals surface area (Å²) in [5.74, 6) is 0.287. The highest BCUT2D eigenvalue weighted by Crippen LogP contribution is 2.52. The number of methoxy groups -OCH3 is 1. The molecule has 0 N–H and O–H groups in total. The van der Waals surface area contributed by atoms with Gasteiger partial charge >= 0.3 is 7.60 Å². The molecule has 25 heavy (non-hydrogen) atoms. The first-order valence-corrected chi connectivity index (χ1v) is 9.45. The van der Waals surface area contributed by atoms with Crippen LogP contribution in [0.1, 0.15) is 19.4 Å². The van der Waals surface area contributed by atoms with Gasteiger partial charge in [-0.25, -0.2) is 9.38 Å². The van der Waals surface area contributed by atoms with Crippen LogP contribution in [0.2, 0.25) is 0 Å². The van der Waals surface area contributed by atoms with Crippen LogP contribution in [0.3, 0.4) is 0 Å². The zero-order chi connectivity index (χ0) is 18.3. The van der Waals surface area contributed by atoms with Crippen LogP contribution in [0.25, 0.3) is 0 Å². The molecule has 2 aromatic carbocycles. The van der Waals surface area contributed by atoms with Gasteiger partial charge in [0.25, 0.3) is 0 Å². The van der Waals surface area contributed by atoms with Crippen molar-refractivity contribution in [1.29, 1.82) is 0 Å². The van der Waals surface area contributed by atoms with Gasteiger partial charge in [0.1, 0.15) is 11.6 Å². The van der Waals surface area contributed by atoms with Gasteiger partial charge in [0.05, 0.1) is 26.0 Å². The maximum Gasteiger partial charge on any atom is 0.380 e. The van der Waals surface area contributed by atoms with Crippen LogP contribution in [-0.4, -0.2) is 25.8 Å². The van der Waals surface area contributed by atoms with E-state index in [2.05, 4.69) is 4.99 Å². The predicted octanol–water partition coefficient (Wildman–Crippen LogP) is 5.18. The largest absolute Gasteiger partial charge is 0.497 e. The average Bonchev–Trinajstić information content (AvgIpc) is 2.61. The second kappa shape index (κ2) is 8.90. The number of halogens is 1. The molecule has 7 heteroatoms. The highest BCUT2D eigenvalue weighted by Gasteiger charge is 2.33. The van der Waals surface area contributed by atoms with Crippen LogP contribution in [0.4, 0.5) is 10.1 Å². The normalized spacial score (nSPS) is 12.2. The molecule has 0 atom stereocenters. The van der Waals surface area contributed by atoms with Crippen molar-refractivity contribution < 1.29 is 22.7 Å². The second-order valence-electron chi connectivity index (χ2n) is 4.97. The third-order valence-electron chi connectivity index (χ3n) is 3.27. The zero-order valence-corrected chi connectivity index (χ0v) is 15.3. The maximum atomic E-state index is 13.3. The third-order valence-corrected chi connectivity index (χ3v) is 5.34. The Morgan fingerprint density at radius 2 is 1.56 bits per heavy atom. The molecule has 2 rings (SSSR count). The highest BCUT2D eigenvalue weighted by atomic mass is 31.2. The summed E-state index contributed by atoms with van der Waals surface area (Å²) >= 11 is 0. The number of ether oxygens (including phenoxy) is 1. The molecule has 134 valence electrons. The molecule has 0 saturated carbocycles. The SMILES string of the molecule is CCOP(=O)(OCC)C(=Nc1ccc(OC)cc1)c1ccc(F)cc1. The first kappa shape index (κ1) is 19.3. The highest BCUT2D eigenvalue weighted by molar-refractivity contribution is 7.73. The molecule has 0 aromatic heterocycles. The first-order valence-electron chi connectivity index (χ1n) is 7.90. The number of hydrogen-bond donors (Lipinski definition) is 0. The van der Waals surface area contributed by atoms with Gasteiger partial charge in [0.15, 0.2) is 5.45 Å². The molecular weight excluding hydrogens is 344 g/mol. The number of rotatable bonds is 8. The Labute approximate surface area is 147 Å². The van der Waals surface area contributed by atoms with Crippen molar-refractivity contribution in [2.75, 3.05) is 20.3 Å². The minimum Gasteiger partial charge on any atom is -0.497 e. The van der Waals surface area contributed by atoms with E-state index >= 15 is 0 Å². The third kappa shape index (κ3) is 4.98. The lowest BCUT2D eigenvalue weighted by molar-refractivity contribution is 0.232. The summed E-state index contributed by atoms with van der Waals surface area (Å²) in [4.78, 5) is 4.47. The van der Waals surface area contributed by atoms with Crippen molar-refractivity contribution in [3.05, 3.63) is 59.9 Å². The molecule has 0 aliphatic rings. The lowest BCUT2D eigenvalue weighted by atomic mass is 10.2. The van der Waals surface area contributed by atoms with Crippen LogP contribution in [0, 0.1) is 5.82 Å². The second-order valence-corrected chi connectivity index (χ2v) is 6.91. The van der Waals surface area contributed by atoms with Crippen LogP contribution in [0.5, 0.6) is 5.75 Å². The fourth-order valence-electron chi connectivity index (χ4n) is 2.16. The number of nitrogens with zero attached hydrogens (tertiary/aromatic N) is 1. The summed E-state index contributed by atoms with van der Waals surface area (Å²) in [5, 5.41) is 0. The number of aliphatic imine (C=N–C) groups is 1. The topological polar surface area (TPSA) is 57.1 Å². The summed E-state index contributed by atoms with van der Waals surface area (Å²) < 4.78 is 42.5. The quantitative estimate of drug-likeness (QED) is 0.478. The summed E-state index contributed by atoms with van der Waals surface area (Å²) in [6.07, 6.45) is 0. The Morgan fingerprint density at radius 1 is 1.00 bits per heavy atom.